The Kier molecular flexibility index (Phi) is 3.10. The normalized spacial score (nSPS) is 29.9. The van der Waals surface area contributed by atoms with Crippen molar-refractivity contribution in [3.05, 3.63) is 0 Å². The van der Waals surface area contributed by atoms with Gasteiger partial charge in [-0.15, -0.1) is 0 Å². The minimum absolute atomic E-state index is 0.179. The van der Waals surface area contributed by atoms with Gasteiger partial charge in [0.05, 0.1) is 0 Å². The van der Waals surface area contributed by atoms with Gasteiger partial charge in [-0.1, -0.05) is 0 Å². The SMILES string of the molecule is CC(C)N1CC2CCC1CN2C(=O)N(C)C. The molecule has 2 unspecified atom stereocenters. The summed E-state index contributed by atoms with van der Waals surface area (Å²) in [6, 6.07) is 1.79. The molecule has 0 spiro atoms. The molecule has 2 atom stereocenters. The summed E-state index contributed by atoms with van der Waals surface area (Å²) in [5, 5.41) is 0. The van der Waals surface area contributed by atoms with Gasteiger partial charge in [-0.05, 0) is 26.7 Å². The molecule has 0 aliphatic carbocycles. The van der Waals surface area contributed by atoms with E-state index in [0.29, 0.717) is 18.1 Å². The van der Waals surface area contributed by atoms with Crippen molar-refractivity contribution in [2.45, 2.75) is 44.8 Å². The predicted octanol–water partition coefficient (Wildman–Crippen LogP) is 1.23. The van der Waals surface area contributed by atoms with Crippen molar-refractivity contribution < 1.29 is 4.79 Å². The smallest absolute Gasteiger partial charge is 0.319 e. The molecule has 0 saturated carbocycles. The van der Waals surface area contributed by atoms with Crippen LogP contribution in [0.1, 0.15) is 26.7 Å². The van der Waals surface area contributed by atoms with E-state index in [1.807, 2.05) is 14.1 Å². The summed E-state index contributed by atoms with van der Waals surface area (Å²) in [4.78, 5) is 18.3. The van der Waals surface area contributed by atoms with Crippen LogP contribution in [-0.4, -0.2) is 66.0 Å². The molecule has 4 heteroatoms. The fourth-order valence-electron chi connectivity index (χ4n) is 2.98. The summed E-state index contributed by atoms with van der Waals surface area (Å²) >= 11 is 0. The van der Waals surface area contributed by atoms with Crippen LogP contribution < -0.4 is 0 Å². The van der Waals surface area contributed by atoms with Crippen molar-refractivity contribution in [1.82, 2.24) is 14.7 Å². The van der Waals surface area contributed by atoms with Gasteiger partial charge >= 0.3 is 6.03 Å². The summed E-state index contributed by atoms with van der Waals surface area (Å²) in [7, 11) is 3.68. The van der Waals surface area contributed by atoms with Crippen molar-refractivity contribution in [2.75, 3.05) is 27.2 Å². The average molecular weight is 225 g/mol. The van der Waals surface area contributed by atoms with Gasteiger partial charge in [-0.3, -0.25) is 4.90 Å². The number of fused-ring (bicyclic) bond motifs is 3. The number of carbonyl (C=O) groups excluding carboxylic acids is 1. The fraction of sp³-hybridized carbons (Fsp3) is 0.917. The number of urea groups is 1. The molecule has 2 amide bonds. The molecule has 16 heavy (non-hydrogen) atoms. The molecule has 0 aromatic carbocycles. The maximum Gasteiger partial charge on any atom is 0.319 e. The van der Waals surface area contributed by atoms with E-state index in [9.17, 15) is 4.79 Å². The molecular weight excluding hydrogens is 202 g/mol. The molecular formula is C12H23N3O. The Labute approximate surface area is 98.2 Å². The van der Waals surface area contributed by atoms with Crippen molar-refractivity contribution in [1.29, 1.82) is 0 Å². The maximum atomic E-state index is 12.0. The second-order valence-electron chi connectivity index (χ2n) is 5.50. The fourth-order valence-corrected chi connectivity index (χ4v) is 2.98. The number of piperazine rings is 1. The number of piperidine rings is 2. The van der Waals surface area contributed by atoms with Gasteiger partial charge in [-0.2, -0.15) is 0 Å². The first kappa shape index (κ1) is 11.7. The van der Waals surface area contributed by atoms with Crippen molar-refractivity contribution in [3.8, 4) is 0 Å². The van der Waals surface area contributed by atoms with Gasteiger partial charge in [0.2, 0.25) is 0 Å². The molecule has 92 valence electrons. The van der Waals surface area contributed by atoms with E-state index in [4.69, 9.17) is 0 Å². The molecule has 2 bridgehead atoms. The average Bonchev–Trinajstić information content (AvgIpc) is 2.28. The molecule has 3 saturated heterocycles. The number of rotatable bonds is 1. The summed E-state index contributed by atoms with van der Waals surface area (Å²) in [6.07, 6.45) is 2.42. The number of hydrogen-bond donors (Lipinski definition) is 0. The summed E-state index contributed by atoms with van der Waals surface area (Å²) in [6.45, 7) is 6.47. The highest BCUT2D eigenvalue weighted by molar-refractivity contribution is 5.74. The quantitative estimate of drug-likeness (QED) is 0.671. The van der Waals surface area contributed by atoms with Crippen LogP contribution in [0.5, 0.6) is 0 Å². The van der Waals surface area contributed by atoms with E-state index in [-0.39, 0.29) is 6.03 Å². The minimum atomic E-state index is 0.179. The van der Waals surface area contributed by atoms with Crippen molar-refractivity contribution in [3.63, 3.8) is 0 Å². The molecule has 3 aliphatic heterocycles. The number of amides is 2. The predicted molar refractivity (Wildman–Crippen MR) is 64.4 cm³/mol. The first-order valence-corrected chi connectivity index (χ1v) is 6.24. The van der Waals surface area contributed by atoms with Crippen LogP contribution in [-0.2, 0) is 0 Å². The van der Waals surface area contributed by atoms with Gasteiger partial charge in [0.1, 0.15) is 0 Å². The van der Waals surface area contributed by atoms with E-state index in [1.165, 1.54) is 12.8 Å². The second kappa shape index (κ2) is 4.24. The van der Waals surface area contributed by atoms with Crippen molar-refractivity contribution in [2.24, 2.45) is 0 Å². The molecule has 0 N–H and O–H groups in total. The van der Waals surface area contributed by atoms with Crippen LogP contribution in [0.25, 0.3) is 0 Å². The van der Waals surface area contributed by atoms with Gasteiger partial charge in [-0.25, -0.2) is 4.79 Å². The molecule has 0 radical (unpaired) electrons. The summed E-state index contributed by atoms with van der Waals surface area (Å²) in [5.74, 6) is 0. The highest BCUT2D eigenvalue weighted by atomic mass is 16.2. The Balaban J connectivity index is 2.06. The lowest BCUT2D eigenvalue weighted by molar-refractivity contribution is -0.0200. The monoisotopic (exact) mass is 225 g/mol. The third kappa shape index (κ3) is 1.90. The third-order valence-corrected chi connectivity index (χ3v) is 3.86. The topological polar surface area (TPSA) is 26.8 Å². The first-order valence-electron chi connectivity index (χ1n) is 6.24. The number of nitrogens with zero attached hydrogens (tertiary/aromatic N) is 3. The lowest BCUT2D eigenvalue weighted by atomic mass is 9.90. The van der Waals surface area contributed by atoms with E-state index in [0.717, 1.165) is 13.1 Å². The Morgan fingerprint density at radius 1 is 1.19 bits per heavy atom. The zero-order chi connectivity index (χ0) is 11.9. The van der Waals surface area contributed by atoms with E-state index < -0.39 is 0 Å². The Morgan fingerprint density at radius 3 is 2.25 bits per heavy atom. The molecule has 4 nitrogen and oxygen atoms in total. The van der Waals surface area contributed by atoms with Gasteiger partial charge in [0.15, 0.2) is 0 Å². The highest BCUT2D eigenvalue weighted by Gasteiger charge is 2.41. The molecule has 3 heterocycles. The Morgan fingerprint density at radius 2 is 1.81 bits per heavy atom. The number of carbonyl (C=O) groups is 1. The van der Waals surface area contributed by atoms with E-state index >= 15 is 0 Å². The van der Waals surface area contributed by atoms with Crippen LogP contribution in [0, 0.1) is 0 Å². The van der Waals surface area contributed by atoms with E-state index in [2.05, 4.69) is 23.6 Å². The molecule has 3 rings (SSSR count). The minimum Gasteiger partial charge on any atom is -0.331 e. The zero-order valence-electron chi connectivity index (χ0n) is 10.8. The molecule has 3 fully saturated rings. The summed E-state index contributed by atoms with van der Waals surface area (Å²) in [5.41, 5.74) is 0. The van der Waals surface area contributed by atoms with E-state index in [1.54, 1.807) is 4.90 Å². The first-order chi connectivity index (χ1) is 7.50. The van der Waals surface area contributed by atoms with Crippen molar-refractivity contribution >= 4 is 6.03 Å². The molecule has 0 aromatic rings. The largest absolute Gasteiger partial charge is 0.331 e. The Hall–Kier alpha value is -0.770. The van der Waals surface area contributed by atoms with Crippen LogP contribution in [0.2, 0.25) is 0 Å². The highest BCUT2D eigenvalue weighted by Crippen LogP contribution is 2.30. The Bertz CT molecular complexity index is 277. The third-order valence-electron chi connectivity index (χ3n) is 3.86. The number of hydrogen-bond acceptors (Lipinski definition) is 2. The standard InChI is InChI=1S/C12H23N3O/c1-9(2)14-7-11-6-5-10(14)8-15(11)12(16)13(3)4/h9-11H,5-8H2,1-4H3. The van der Waals surface area contributed by atoms with Gasteiger partial charge < -0.3 is 9.80 Å². The van der Waals surface area contributed by atoms with Crippen LogP contribution in [0.3, 0.4) is 0 Å². The maximum absolute atomic E-state index is 12.0. The zero-order valence-corrected chi connectivity index (χ0v) is 10.8. The summed E-state index contributed by atoms with van der Waals surface area (Å²) < 4.78 is 0. The molecule has 3 aliphatic rings. The van der Waals surface area contributed by atoms with Crippen LogP contribution in [0.4, 0.5) is 4.79 Å². The molecule has 0 aromatic heterocycles. The van der Waals surface area contributed by atoms with Crippen LogP contribution in [0.15, 0.2) is 0 Å². The van der Waals surface area contributed by atoms with Crippen LogP contribution >= 0.6 is 0 Å². The lowest BCUT2D eigenvalue weighted by Gasteiger charge is -2.53. The lowest BCUT2D eigenvalue weighted by Crippen LogP contribution is -2.66. The van der Waals surface area contributed by atoms with Gasteiger partial charge in [0, 0.05) is 45.3 Å². The second-order valence-corrected chi connectivity index (χ2v) is 5.50. The van der Waals surface area contributed by atoms with Gasteiger partial charge in [0.25, 0.3) is 0 Å².